The Bertz CT molecular complexity index is 465. The topological polar surface area (TPSA) is 65.3 Å². The van der Waals surface area contributed by atoms with Crippen LogP contribution in [0.2, 0.25) is 0 Å². The van der Waals surface area contributed by atoms with Crippen molar-refractivity contribution in [3.63, 3.8) is 0 Å². The van der Waals surface area contributed by atoms with Crippen molar-refractivity contribution in [3.8, 4) is 0 Å². The molecule has 102 valence electrons. The van der Waals surface area contributed by atoms with Crippen molar-refractivity contribution < 1.29 is 9.90 Å². The summed E-state index contributed by atoms with van der Waals surface area (Å²) >= 11 is 0. The maximum absolute atomic E-state index is 11.2. The Morgan fingerprint density at radius 1 is 1.42 bits per heavy atom. The maximum atomic E-state index is 11.2. The van der Waals surface area contributed by atoms with Crippen molar-refractivity contribution in [2.45, 2.75) is 19.8 Å². The summed E-state index contributed by atoms with van der Waals surface area (Å²) in [6.45, 7) is 3.82. The van der Waals surface area contributed by atoms with Gasteiger partial charge in [-0.1, -0.05) is 0 Å². The highest BCUT2D eigenvalue weighted by atomic mass is 16.3. The average molecular weight is 261 g/mol. The Morgan fingerprint density at radius 3 is 2.79 bits per heavy atom. The number of amidine groups is 1. The van der Waals surface area contributed by atoms with E-state index in [9.17, 15) is 4.79 Å². The third-order valence-electron chi connectivity index (χ3n) is 3.46. The van der Waals surface area contributed by atoms with Crippen LogP contribution in [0.1, 0.15) is 19.8 Å². The average Bonchev–Trinajstić information content (AvgIpc) is 2.38. The second kappa shape index (κ2) is 6.45. The van der Waals surface area contributed by atoms with E-state index in [0.29, 0.717) is 11.6 Å². The molecule has 0 aromatic heterocycles. The molecule has 5 heteroatoms. The third-order valence-corrected chi connectivity index (χ3v) is 3.46. The van der Waals surface area contributed by atoms with E-state index in [1.165, 1.54) is 6.92 Å². The Balaban J connectivity index is 2.02. The molecular weight excluding hydrogens is 242 g/mol. The van der Waals surface area contributed by atoms with Crippen molar-refractivity contribution in [3.05, 3.63) is 17.9 Å². The van der Waals surface area contributed by atoms with Crippen LogP contribution in [0.3, 0.4) is 0 Å². The molecule has 1 saturated heterocycles. The predicted octanol–water partition coefficient (Wildman–Crippen LogP) is 0.802. The number of likely N-dealkylation sites (tertiary alicyclic amines) is 1. The van der Waals surface area contributed by atoms with Crippen LogP contribution < -0.4 is 0 Å². The summed E-state index contributed by atoms with van der Waals surface area (Å²) in [5, 5.41) is 9.13. The van der Waals surface area contributed by atoms with Crippen molar-refractivity contribution in [2.75, 3.05) is 26.4 Å². The number of hydrogen-bond acceptors (Lipinski definition) is 5. The summed E-state index contributed by atoms with van der Waals surface area (Å²) < 4.78 is 0. The van der Waals surface area contributed by atoms with Crippen LogP contribution in [-0.4, -0.2) is 53.7 Å². The SMILES string of the molecule is CC(=O)/C1=N/C/N=C(/N2CCC(CO)CC2)C=C=C1. The highest BCUT2D eigenvalue weighted by Gasteiger charge is 2.20. The fourth-order valence-corrected chi connectivity index (χ4v) is 2.22. The van der Waals surface area contributed by atoms with Gasteiger partial charge in [-0.2, -0.15) is 0 Å². The lowest BCUT2D eigenvalue weighted by atomic mass is 9.98. The van der Waals surface area contributed by atoms with Gasteiger partial charge in [0, 0.05) is 38.8 Å². The van der Waals surface area contributed by atoms with Crippen LogP contribution >= 0.6 is 0 Å². The van der Waals surface area contributed by atoms with Gasteiger partial charge in [0.05, 0.1) is 0 Å². The van der Waals surface area contributed by atoms with Gasteiger partial charge < -0.3 is 10.0 Å². The number of hydrogen-bond donors (Lipinski definition) is 1. The van der Waals surface area contributed by atoms with Crippen LogP contribution in [0.4, 0.5) is 0 Å². The van der Waals surface area contributed by atoms with Crippen LogP contribution in [0.5, 0.6) is 0 Å². The molecule has 0 saturated carbocycles. The molecule has 2 heterocycles. The van der Waals surface area contributed by atoms with E-state index in [2.05, 4.69) is 20.6 Å². The zero-order chi connectivity index (χ0) is 13.7. The molecule has 19 heavy (non-hydrogen) atoms. The molecule has 5 nitrogen and oxygen atoms in total. The van der Waals surface area contributed by atoms with Gasteiger partial charge >= 0.3 is 0 Å². The van der Waals surface area contributed by atoms with E-state index >= 15 is 0 Å². The first-order valence-corrected chi connectivity index (χ1v) is 6.59. The van der Waals surface area contributed by atoms with E-state index < -0.39 is 0 Å². The number of piperidine rings is 1. The van der Waals surface area contributed by atoms with Crippen molar-refractivity contribution in [1.29, 1.82) is 0 Å². The first-order valence-electron chi connectivity index (χ1n) is 6.59. The monoisotopic (exact) mass is 261 g/mol. The molecule has 2 rings (SSSR count). The van der Waals surface area contributed by atoms with Gasteiger partial charge in [-0.05, 0) is 18.8 Å². The van der Waals surface area contributed by atoms with Gasteiger partial charge in [0.15, 0.2) is 5.78 Å². The number of carbonyl (C=O) groups is 1. The quantitative estimate of drug-likeness (QED) is 0.748. The van der Waals surface area contributed by atoms with Crippen molar-refractivity contribution >= 4 is 17.3 Å². The first kappa shape index (κ1) is 13.7. The maximum Gasteiger partial charge on any atom is 0.178 e. The highest BCUT2D eigenvalue weighted by molar-refractivity contribution is 6.43. The lowest BCUT2D eigenvalue weighted by Gasteiger charge is -2.32. The number of ketones is 1. The van der Waals surface area contributed by atoms with Gasteiger partial charge in [-0.25, -0.2) is 4.99 Å². The fraction of sp³-hybridized carbons (Fsp3) is 0.571. The molecule has 1 fully saturated rings. The predicted molar refractivity (Wildman–Crippen MR) is 74.5 cm³/mol. The standard InChI is InChI=1S/C14H19N3O2/c1-11(19)13-3-2-4-14(16-10-15-13)17-7-5-12(9-18)6-8-17/h3-4,12,18H,5-10H2,1H3/b15-13+,16-14+. The Labute approximate surface area is 113 Å². The van der Waals surface area contributed by atoms with Gasteiger partial charge in [0.1, 0.15) is 18.2 Å². The minimum Gasteiger partial charge on any atom is -0.396 e. The smallest absolute Gasteiger partial charge is 0.178 e. The zero-order valence-electron chi connectivity index (χ0n) is 11.2. The molecule has 0 unspecified atom stereocenters. The first-order chi connectivity index (χ1) is 9.20. The lowest BCUT2D eigenvalue weighted by molar-refractivity contribution is -0.111. The molecule has 0 radical (unpaired) electrons. The van der Waals surface area contributed by atoms with Gasteiger partial charge in [0.25, 0.3) is 0 Å². The molecule has 0 spiro atoms. The van der Waals surface area contributed by atoms with E-state index in [1.807, 2.05) is 0 Å². The number of Topliss-reactive ketones (excluding diaryl/α,β-unsaturated/α-hetero) is 1. The van der Waals surface area contributed by atoms with Crippen LogP contribution in [0.15, 0.2) is 27.9 Å². The summed E-state index contributed by atoms with van der Waals surface area (Å²) in [7, 11) is 0. The number of aliphatic hydroxyl groups is 1. The summed E-state index contributed by atoms with van der Waals surface area (Å²) in [6.07, 6.45) is 5.37. The summed E-state index contributed by atoms with van der Waals surface area (Å²) in [5.41, 5.74) is 3.38. The van der Waals surface area contributed by atoms with Crippen LogP contribution in [-0.2, 0) is 4.79 Å². The molecule has 1 N–H and O–H groups in total. The Morgan fingerprint density at radius 2 is 2.16 bits per heavy atom. The minimum absolute atomic E-state index is 0.0664. The van der Waals surface area contributed by atoms with Gasteiger partial charge in [0.2, 0.25) is 0 Å². The van der Waals surface area contributed by atoms with Crippen LogP contribution in [0, 0.1) is 5.92 Å². The number of aliphatic imine (C=N–C) groups is 2. The summed E-state index contributed by atoms with van der Waals surface area (Å²) in [5.74, 6) is 1.20. The number of rotatable bonds is 2. The van der Waals surface area contributed by atoms with E-state index in [0.717, 1.165) is 31.8 Å². The third kappa shape index (κ3) is 3.63. The van der Waals surface area contributed by atoms with Gasteiger partial charge in [-0.15, -0.1) is 5.73 Å². The Kier molecular flexibility index (Phi) is 4.66. The molecule has 0 bridgehead atoms. The lowest BCUT2D eigenvalue weighted by Crippen LogP contribution is -2.38. The van der Waals surface area contributed by atoms with Gasteiger partial charge in [-0.3, -0.25) is 9.79 Å². The normalized spacial score (nSPS) is 26.1. The molecule has 0 aromatic carbocycles. The molecule has 2 aliphatic heterocycles. The second-order valence-corrected chi connectivity index (χ2v) is 4.83. The summed E-state index contributed by atoms with van der Waals surface area (Å²) in [6, 6.07) is 0. The molecule has 0 atom stereocenters. The fourth-order valence-electron chi connectivity index (χ4n) is 2.22. The van der Waals surface area contributed by atoms with E-state index in [1.54, 1.807) is 12.2 Å². The largest absolute Gasteiger partial charge is 0.396 e. The molecule has 0 amide bonds. The zero-order valence-corrected chi connectivity index (χ0v) is 11.2. The summed E-state index contributed by atoms with van der Waals surface area (Å²) in [4.78, 5) is 21.9. The molecular formula is C14H19N3O2. The molecule has 2 aliphatic rings. The molecule has 0 aromatic rings. The Hall–Kier alpha value is -1.71. The van der Waals surface area contributed by atoms with E-state index in [4.69, 9.17) is 5.11 Å². The number of aliphatic hydroxyl groups excluding tert-OH is 1. The highest BCUT2D eigenvalue weighted by Crippen LogP contribution is 2.17. The second-order valence-electron chi connectivity index (χ2n) is 4.83. The van der Waals surface area contributed by atoms with Crippen molar-refractivity contribution in [2.24, 2.45) is 15.9 Å². The molecule has 0 aliphatic carbocycles. The number of carbonyl (C=O) groups excluding carboxylic acids is 1. The van der Waals surface area contributed by atoms with E-state index in [-0.39, 0.29) is 19.1 Å². The van der Waals surface area contributed by atoms with Crippen LogP contribution in [0.25, 0.3) is 0 Å². The van der Waals surface area contributed by atoms with Crippen molar-refractivity contribution in [1.82, 2.24) is 4.90 Å². The minimum atomic E-state index is -0.0664. The number of nitrogens with zero attached hydrogens (tertiary/aromatic N) is 3.